The summed E-state index contributed by atoms with van der Waals surface area (Å²) in [7, 11) is 0. The van der Waals surface area contributed by atoms with Crippen LogP contribution in [0.5, 0.6) is 0 Å². The molecule has 0 nitrogen and oxygen atoms in total. The topological polar surface area (TPSA) is 0 Å². The molecule has 0 radical (unpaired) electrons. The van der Waals surface area contributed by atoms with Gasteiger partial charge >= 0.3 is 0 Å². The van der Waals surface area contributed by atoms with Crippen LogP contribution in [0.2, 0.25) is 0 Å². The zero-order valence-corrected chi connectivity index (χ0v) is 31.1. The highest BCUT2D eigenvalue weighted by Crippen LogP contribution is 2.54. The molecule has 0 amide bonds. The highest BCUT2D eigenvalue weighted by Gasteiger charge is 2.30. The van der Waals surface area contributed by atoms with E-state index in [1.54, 1.807) is 0 Å². The van der Waals surface area contributed by atoms with E-state index in [1.165, 1.54) is 110 Å². The summed E-state index contributed by atoms with van der Waals surface area (Å²) in [6.07, 6.45) is 6.94. The minimum absolute atomic E-state index is 0.555. The van der Waals surface area contributed by atoms with Gasteiger partial charge < -0.3 is 0 Å². The summed E-state index contributed by atoms with van der Waals surface area (Å²) in [5.41, 5.74) is 19.7. The number of rotatable bonds is 4. The van der Waals surface area contributed by atoms with Crippen LogP contribution in [0.4, 0.5) is 0 Å². The standard InChI is InChI=1S/C53H38S/c1-32-30-54-31-48(32)53-43-23-12-8-19-39(43)50(40-20-9-13-24-44(40)53)35-27-28-45-47(29-35)33(2)36-25-14-26-46(51(36)45)52-41-21-10-6-17-37(41)49(34-15-4-3-5-16-34)38-18-7-11-22-42(38)52/h3-12,14-23,25-29,31-32H,2,13,24,30H2,1H3. The smallest absolute Gasteiger partial charge is 0.00409 e. The second-order valence-corrected chi connectivity index (χ2v) is 16.0. The Bertz CT molecular complexity index is 2900. The molecule has 1 heteroatoms. The minimum atomic E-state index is 0.555. The monoisotopic (exact) mass is 706 g/mol. The first-order chi connectivity index (χ1) is 26.7. The first-order valence-electron chi connectivity index (χ1n) is 19.2. The third-order valence-corrected chi connectivity index (χ3v) is 13.3. The van der Waals surface area contributed by atoms with E-state index in [0.29, 0.717) is 5.92 Å². The van der Waals surface area contributed by atoms with Crippen molar-refractivity contribution in [3.8, 4) is 44.5 Å². The molecule has 0 spiro atoms. The molecule has 11 rings (SSSR count). The van der Waals surface area contributed by atoms with Crippen molar-refractivity contribution in [2.45, 2.75) is 19.8 Å². The van der Waals surface area contributed by atoms with Crippen LogP contribution in [0.15, 0.2) is 158 Å². The lowest BCUT2D eigenvalue weighted by Crippen LogP contribution is -2.07. The Hall–Kier alpha value is -5.89. The molecule has 3 aliphatic rings. The van der Waals surface area contributed by atoms with Crippen LogP contribution in [0.25, 0.3) is 94.0 Å². The van der Waals surface area contributed by atoms with Gasteiger partial charge in [0.05, 0.1) is 0 Å². The van der Waals surface area contributed by atoms with Gasteiger partial charge in [-0.1, -0.05) is 159 Å². The van der Waals surface area contributed by atoms with Gasteiger partial charge in [-0.2, -0.15) is 0 Å². The lowest BCUT2D eigenvalue weighted by atomic mass is 9.78. The summed E-state index contributed by atoms with van der Waals surface area (Å²) in [4.78, 5) is 0. The molecule has 54 heavy (non-hydrogen) atoms. The highest BCUT2D eigenvalue weighted by molar-refractivity contribution is 8.02. The Morgan fingerprint density at radius 1 is 0.519 bits per heavy atom. The van der Waals surface area contributed by atoms with E-state index in [-0.39, 0.29) is 0 Å². The summed E-state index contributed by atoms with van der Waals surface area (Å²) in [6, 6.07) is 51.9. The van der Waals surface area contributed by atoms with E-state index in [4.69, 9.17) is 6.58 Å². The minimum Gasteiger partial charge on any atom is -0.133 e. The summed E-state index contributed by atoms with van der Waals surface area (Å²) >= 11 is 1.96. The van der Waals surface area contributed by atoms with Crippen LogP contribution >= 0.6 is 11.8 Å². The molecule has 0 saturated carbocycles. The molecule has 2 aliphatic carbocycles. The Morgan fingerprint density at radius 3 is 1.80 bits per heavy atom. The lowest BCUT2D eigenvalue weighted by Gasteiger charge is -2.25. The first-order valence-corrected chi connectivity index (χ1v) is 20.2. The molecule has 1 heterocycles. The second kappa shape index (κ2) is 12.3. The van der Waals surface area contributed by atoms with Gasteiger partial charge in [0, 0.05) is 5.75 Å². The van der Waals surface area contributed by atoms with Crippen LogP contribution < -0.4 is 0 Å². The summed E-state index contributed by atoms with van der Waals surface area (Å²) in [5.74, 6) is 1.72. The molecule has 256 valence electrons. The molecule has 8 aromatic rings. The predicted octanol–water partition coefficient (Wildman–Crippen LogP) is 14.9. The van der Waals surface area contributed by atoms with Gasteiger partial charge in [0.1, 0.15) is 0 Å². The van der Waals surface area contributed by atoms with E-state index >= 15 is 0 Å². The summed E-state index contributed by atoms with van der Waals surface area (Å²) in [6.45, 7) is 7.18. The van der Waals surface area contributed by atoms with E-state index < -0.39 is 0 Å². The maximum absolute atomic E-state index is 4.79. The number of hydrogen-bond acceptors (Lipinski definition) is 1. The molecule has 0 N–H and O–H groups in total. The van der Waals surface area contributed by atoms with Gasteiger partial charge in [-0.25, -0.2) is 0 Å². The van der Waals surface area contributed by atoms with Crippen LogP contribution in [0.3, 0.4) is 0 Å². The van der Waals surface area contributed by atoms with E-state index in [2.05, 4.69) is 164 Å². The first kappa shape index (κ1) is 31.6. The number of fused-ring (bicyclic) bond motifs is 7. The van der Waals surface area contributed by atoms with Crippen molar-refractivity contribution in [2.24, 2.45) is 5.92 Å². The third kappa shape index (κ3) is 4.58. The maximum Gasteiger partial charge on any atom is 0.00409 e. The molecule has 0 saturated heterocycles. The average molecular weight is 707 g/mol. The lowest BCUT2D eigenvalue weighted by molar-refractivity contribution is 0.877. The zero-order valence-electron chi connectivity index (χ0n) is 30.3. The van der Waals surface area contributed by atoms with Gasteiger partial charge in [-0.15, -0.1) is 11.8 Å². The van der Waals surface area contributed by atoms with E-state index in [0.717, 1.165) is 24.2 Å². The van der Waals surface area contributed by atoms with Gasteiger partial charge in [-0.05, 0) is 146 Å². The fraction of sp³-hybridized carbons (Fsp3) is 0.0943. The Labute approximate surface area is 321 Å². The van der Waals surface area contributed by atoms with Gasteiger partial charge in [0.25, 0.3) is 0 Å². The van der Waals surface area contributed by atoms with Crippen LogP contribution in [-0.2, 0) is 6.42 Å². The van der Waals surface area contributed by atoms with Gasteiger partial charge in [0.15, 0.2) is 0 Å². The molecule has 1 atom stereocenters. The normalized spacial score (nSPS) is 15.8. The number of hydrogen-bond donors (Lipinski definition) is 0. The molecule has 0 aromatic heterocycles. The van der Waals surface area contributed by atoms with Crippen molar-refractivity contribution in [3.63, 3.8) is 0 Å². The van der Waals surface area contributed by atoms with Crippen molar-refractivity contribution >= 4 is 61.3 Å². The summed E-state index contributed by atoms with van der Waals surface area (Å²) in [5, 5.41) is 10.2. The number of thioether (sulfide) groups is 1. The molecule has 0 bridgehead atoms. The second-order valence-electron chi connectivity index (χ2n) is 15.1. The van der Waals surface area contributed by atoms with Gasteiger partial charge in [0.2, 0.25) is 0 Å². The maximum atomic E-state index is 4.79. The van der Waals surface area contributed by atoms with Gasteiger partial charge in [-0.3, -0.25) is 0 Å². The quantitative estimate of drug-likeness (QED) is 0.164. The Kier molecular flexibility index (Phi) is 7.22. The fourth-order valence-electron chi connectivity index (χ4n) is 9.77. The van der Waals surface area contributed by atoms with Crippen LogP contribution in [0, 0.1) is 5.92 Å². The molecule has 0 fully saturated rings. The third-order valence-electron chi connectivity index (χ3n) is 12.1. The van der Waals surface area contributed by atoms with Crippen LogP contribution in [-0.4, -0.2) is 5.75 Å². The number of benzene rings is 8. The van der Waals surface area contributed by atoms with Crippen molar-refractivity contribution < 1.29 is 0 Å². The van der Waals surface area contributed by atoms with Crippen LogP contribution in [0.1, 0.15) is 41.2 Å². The zero-order chi connectivity index (χ0) is 35.9. The van der Waals surface area contributed by atoms with E-state index in [1.807, 2.05) is 11.8 Å². The highest BCUT2D eigenvalue weighted by atomic mass is 32.2. The van der Waals surface area contributed by atoms with Crippen molar-refractivity contribution in [3.05, 3.63) is 185 Å². The molecule has 8 aromatic carbocycles. The molecule has 1 aliphatic heterocycles. The SMILES string of the molecule is C=C1c2cc(-c3c4c(c(C5=CSCC5C)c5ccccc35)CCC=C4)ccc2-c2c1cccc2-c1c2ccccc2c(-c2ccccc2)c2ccccc12. The van der Waals surface area contributed by atoms with Crippen molar-refractivity contribution in [2.75, 3.05) is 5.75 Å². The Balaban J connectivity index is 1.15. The molecule has 1 unspecified atom stereocenters. The van der Waals surface area contributed by atoms with Crippen molar-refractivity contribution in [1.82, 2.24) is 0 Å². The largest absolute Gasteiger partial charge is 0.133 e. The summed E-state index contributed by atoms with van der Waals surface area (Å²) < 4.78 is 0. The Morgan fingerprint density at radius 2 is 1.13 bits per heavy atom. The molecular weight excluding hydrogens is 669 g/mol. The number of allylic oxidation sites excluding steroid dienone is 2. The average Bonchev–Trinajstić information content (AvgIpc) is 3.78. The predicted molar refractivity (Wildman–Crippen MR) is 236 cm³/mol. The fourth-order valence-corrected chi connectivity index (χ4v) is 10.9. The molecular formula is C53H38S. The van der Waals surface area contributed by atoms with Crippen molar-refractivity contribution in [1.29, 1.82) is 0 Å². The van der Waals surface area contributed by atoms with E-state index in [9.17, 15) is 0 Å².